The first-order chi connectivity index (χ1) is 17.2. The number of ether oxygens (including phenoxy) is 2. The number of benzene rings is 3. The van der Waals surface area contributed by atoms with Gasteiger partial charge in [-0.1, -0.05) is 61.5 Å². The molecule has 0 aliphatic heterocycles. The van der Waals surface area contributed by atoms with Gasteiger partial charge in [0.05, 0.1) is 6.42 Å². The average molecular weight is 497 g/mol. The molecule has 0 radical (unpaired) electrons. The SMILES string of the molecule is CCC=C[C@@H](CC(=O)O)c1ccc(OC2CCc3cc(-c4cccc(OC(F)(F)F)c4)ccc32)cc1. The van der Waals surface area contributed by atoms with Gasteiger partial charge in [0.15, 0.2) is 0 Å². The van der Waals surface area contributed by atoms with E-state index in [0.29, 0.717) is 11.3 Å². The Bertz CT molecular complexity index is 1230. The van der Waals surface area contributed by atoms with E-state index >= 15 is 0 Å². The Morgan fingerprint density at radius 1 is 1.06 bits per heavy atom. The molecule has 36 heavy (non-hydrogen) atoms. The standard InChI is InChI=1S/C29H27F3O4/c1-2-3-5-21(18-28(33)34)19-8-12-24(13-9-19)35-27-15-11-23-16-22(10-14-26(23)27)20-6-4-7-25(17-20)36-29(30,31)32/h3-10,12-14,16-17,21,27H,2,11,15,18H2,1H3,(H,33,34)/t21-,27?/m0/s1. The second kappa shape index (κ2) is 10.9. The van der Waals surface area contributed by atoms with Crippen molar-refractivity contribution >= 4 is 5.97 Å². The number of halogens is 3. The van der Waals surface area contributed by atoms with E-state index in [1.54, 1.807) is 6.07 Å². The van der Waals surface area contributed by atoms with Crippen LogP contribution < -0.4 is 9.47 Å². The normalized spacial score (nSPS) is 16.1. The summed E-state index contributed by atoms with van der Waals surface area (Å²) in [6.45, 7) is 2.01. The van der Waals surface area contributed by atoms with Crippen molar-refractivity contribution in [2.24, 2.45) is 0 Å². The van der Waals surface area contributed by atoms with Gasteiger partial charge in [0.2, 0.25) is 0 Å². The minimum absolute atomic E-state index is 0.0281. The monoisotopic (exact) mass is 496 g/mol. The van der Waals surface area contributed by atoms with E-state index in [2.05, 4.69) is 4.74 Å². The van der Waals surface area contributed by atoms with Gasteiger partial charge in [0, 0.05) is 5.92 Å². The molecule has 1 aliphatic rings. The predicted molar refractivity (Wildman–Crippen MR) is 131 cm³/mol. The second-order valence-electron chi connectivity index (χ2n) is 8.74. The lowest BCUT2D eigenvalue weighted by atomic mass is 9.95. The summed E-state index contributed by atoms with van der Waals surface area (Å²) in [6.07, 6.45) is 1.50. The lowest BCUT2D eigenvalue weighted by Gasteiger charge is -2.17. The van der Waals surface area contributed by atoms with E-state index in [-0.39, 0.29) is 24.2 Å². The zero-order chi connectivity index (χ0) is 25.7. The molecule has 0 heterocycles. The summed E-state index contributed by atoms with van der Waals surface area (Å²) < 4.78 is 48.0. The summed E-state index contributed by atoms with van der Waals surface area (Å²) >= 11 is 0. The van der Waals surface area contributed by atoms with Crippen molar-refractivity contribution in [1.82, 2.24) is 0 Å². The van der Waals surface area contributed by atoms with E-state index in [1.807, 2.05) is 61.5 Å². The summed E-state index contributed by atoms with van der Waals surface area (Å²) in [5, 5.41) is 9.22. The van der Waals surface area contributed by atoms with Crippen molar-refractivity contribution in [2.75, 3.05) is 0 Å². The number of alkyl halides is 3. The molecule has 188 valence electrons. The zero-order valence-corrected chi connectivity index (χ0v) is 19.8. The molecular formula is C29H27F3O4. The first-order valence-corrected chi connectivity index (χ1v) is 11.9. The maximum atomic E-state index is 12.6. The van der Waals surface area contributed by atoms with E-state index in [9.17, 15) is 23.1 Å². The van der Waals surface area contributed by atoms with Gasteiger partial charge in [-0.05, 0) is 71.3 Å². The van der Waals surface area contributed by atoms with E-state index in [1.165, 1.54) is 18.2 Å². The second-order valence-corrected chi connectivity index (χ2v) is 8.74. The van der Waals surface area contributed by atoms with Gasteiger partial charge in [-0.15, -0.1) is 13.2 Å². The Morgan fingerprint density at radius 2 is 1.81 bits per heavy atom. The summed E-state index contributed by atoms with van der Waals surface area (Å²) in [4.78, 5) is 11.2. The number of rotatable bonds is 9. The van der Waals surface area contributed by atoms with Crippen molar-refractivity contribution < 1.29 is 32.5 Å². The van der Waals surface area contributed by atoms with Crippen molar-refractivity contribution in [3.63, 3.8) is 0 Å². The molecule has 7 heteroatoms. The fourth-order valence-electron chi connectivity index (χ4n) is 4.50. The third-order valence-electron chi connectivity index (χ3n) is 6.15. The summed E-state index contributed by atoms with van der Waals surface area (Å²) in [5.41, 5.74) is 4.54. The molecule has 0 bridgehead atoms. The highest BCUT2D eigenvalue weighted by molar-refractivity contribution is 5.69. The topological polar surface area (TPSA) is 55.8 Å². The van der Waals surface area contributed by atoms with Crippen LogP contribution in [0.3, 0.4) is 0 Å². The molecular weight excluding hydrogens is 469 g/mol. The number of hydrogen-bond acceptors (Lipinski definition) is 3. The Balaban J connectivity index is 1.47. The predicted octanol–water partition coefficient (Wildman–Crippen LogP) is 7.84. The van der Waals surface area contributed by atoms with Crippen molar-refractivity contribution in [1.29, 1.82) is 0 Å². The van der Waals surface area contributed by atoms with E-state index < -0.39 is 12.3 Å². The van der Waals surface area contributed by atoms with Gasteiger partial charge >= 0.3 is 12.3 Å². The molecule has 1 N–H and O–H groups in total. The largest absolute Gasteiger partial charge is 0.573 e. The smallest absolute Gasteiger partial charge is 0.486 e. The van der Waals surface area contributed by atoms with Gasteiger partial charge in [-0.25, -0.2) is 0 Å². The summed E-state index contributed by atoms with van der Waals surface area (Å²) in [7, 11) is 0. The van der Waals surface area contributed by atoms with Crippen LogP contribution in [0.2, 0.25) is 0 Å². The summed E-state index contributed by atoms with van der Waals surface area (Å²) in [6, 6.07) is 19.3. The maximum absolute atomic E-state index is 12.6. The average Bonchev–Trinajstić information content (AvgIpc) is 3.23. The molecule has 0 saturated heterocycles. The van der Waals surface area contributed by atoms with Crippen molar-refractivity contribution in [3.8, 4) is 22.6 Å². The molecule has 3 aromatic carbocycles. The van der Waals surface area contributed by atoms with Gasteiger partial charge in [-0.3, -0.25) is 4.79 Å². The lowest BCUT2D eigenvalue weighted by molar-refractivity contribution is -0.274. The van der Waals surface area contributed by atoms with Crippen molar-refractivity contribution in [2.45, 2.75) is 51.0 Å². The molecule has 0 amide bonds. The van der Waals surface area contributed by atoms with E-state index in [0.717, 1.165) is 41.5 Å². The summed E-state index contributed by atoms with van der Waals surface area (Å²) in [5.74, 6) is -0.586. The van der Waals surface area contributed by atoms with Crippen LogP contribution >= 0.6 is 0 Å². The van der Waals surface area contributed by atoms with Crippen molar-refractivity contribution in [3.05, 3.63) is 95.6 Å². The third kappa shape index (κ3) is 6.47. The molecule has 1 aliphatic carbocycles. The fraction of sp³-hybridized carbons (Fsp3) is 0.276. The Labute approximate surface area is 208 Å². The number of aliphatic carboxylic acids is 1. The Morgan fingerprint density at radius 3 is 2.50 bits per heavy atom. The van der Waals surface area contributed by atoms with Crippen LogP contribution in [0.5, 0.6) is 11.5 Å². The van der Waals surface area contributed by atoms with Crippen LogP contribution in [0.25, 0.3) is 11.1 Å². The fourth-order valence-corrected chi connectivity index (χ4v) is 4.50. The van der Waals surface area contributed by atoms with Gasteiger partial charge in [0.25, 0.3) is 0 Å². The number of carbonyl (C=O) groups is 1. The molecule has 0 spiro atoms. The first-order valence-electron chi connectivity index (χ1n) is 11.9. The van der Waals surface area contributed by atoms with Crippen LogP contribution in [0.4, 0.5) is 13.2 Å². The van der Waals surface area contributed by atoms with Gasteiger partial charge in [0.1, 0.15) is 17.6 Å². The highest BCUT2D eigenvalue weighted by Gasteiger charge is 2.31. The number of carboxylic acid groups (broad SMARTS) is 1. The van der Waals surface area contributed by atoms with Crippen LogP contribution in [0.15, 0.2) is 78.9 Å². The molecule has 0 aromatic heterocycles. The lowest BCUT2D eigenvalue weighted by Crippen LogP contribution is -2.17. The Kier molecular flexibility index (Phi) is 7.67. The molecule has 2 atom stereocenters. The zero-order valence-electron chi connectivity index (χ0n) is 19.8. The quantitative estimate of drug-likeness (QED) is 0.307. The maximum Gasteiger partial charge on any atom is 0.573 e. The number of fused-ring (bicyclic) bond motifs is 1. The number of hydrogen-bond donors (Lipinski definition) is 1. The Hall–Kier alpha value is -3.74. The molecule has 0 saturated carbocycles. The minimum atomic E-state index is -4.73. The highest BCUT2D eigenvalue weighted by atomic mass is 19.4. The number of carboxylic acids is 1. The highest BCUT2D eigenvalue weighted by Crippen LogP contribution is 2.38. The van der Waals surface area contributed by atoms with Crippen LogP contribution in [0, 0.1) is 0 Å². The molecule has 4 nitrogen and oxygen atoms in total. The van der Waals surface area contributed by atoms with E-state index in [4.69, 9.17) is 4.74 Å². The molecule has 4 rings (SSSR count). The van der Waals surface area contributed by atoms with Crippen LogP contribution in [-0.4, -0.2) is 17.4 Å². The van der Waals surface area contributed by atoms with Crippen LogP contribution in [0.1, 0.15) is 54.9 Å². The van der Waals surface area contributed by atoms with Crippen LogP contribution in [-0.2, 0) is 11.2 Å². The molecule has 1 unspecified atom stereocenters. The minimum Gasteiger partial charge on any atom is -0.486 e. The van der Waals surface area contributed by atoms with Gasteiger partial charge in [-0.2, -0.15) is 0 Å². The first kappa shape index (κ1) is 25.4. The van der Waals surface area contributed by atoms with Gasteiger partial charge < -0.3 is 14.6 Å². The number of allylic oxidation sites excluding steroid dienone is 2. The third-order valence-corrected chi connectivity index (χ3v) is 6.15. The molecule has 0 fully saturated rings. The number of aryl methyl sites for hydroxylation is 1. The molecule has 3 aromatic rings.